The van der Waals surface area contributed by atoms with E-state index in [1.54, 1.807) is 36.7 Å². The zero-order valence-electron chi connectivity index (χ0n) is 18.1. The van der Waals surface area contributed by atoms with E-state index in [1.807, 2.05) is 0 Å². The number of carboxylic acid groups (broad SMARTS) is 1. The standard InChI is InChI=1S/C24H23F3N4O3/c25-21-11-19(4-1-17(21)14-31-9-7-16(8-10-31)22(32)33)30-24-28-12-18(13-29-24)15-2-5-20(6-3-15)34-23(26)27/h1-6,11-13,16,23H,7-10,14H2,(H,32,33)(H,28,29,30). The van der Waals surface area contributed by atoms with Gasteiger partial charge in [0.15, 0.2) is 0 Å². The van der Waals surface area contributed by atoms with E-state index in [0.29, 0.717) is 49.3 Å². The van der Waals surface area contributed by atoms with E-state index in [4.69, 9.17) is 5.11 Å². The maximum atomic E-state index is 14.7. The Balaban J connectivity index is 1.35. The van der Waals surface area contributed by atoms with Crippen molar-refractivity contribution in [1.82, 2.24) is 14.9 Å². The van der Waals surface area contributed by atoms with Crippen molar-refractivity contribution in [1.29, 1.82) is 0 Å². The first-order chi connectivity index (χ1) is 16.4. The van der Waals surface area contributed by atoms with E-state index in [0.717, 1.165) is 5.56 Å². The Kier molecular flexibility index (Phi) is 7.27. The number of piperidine rings is 1. The third-order valence-electron chi connectivity index (χ3n) is 5.70. The summed E-state index contributed by atoms with van der Waals surface area (Å²) in [4.78, 5) is 21.6. The Hall–Kier alpha value is -3.66. The van der Waals surface area contributed by atoms with Crippen molar-refractivity contribution in [2.24, 2.45) is 5.92 Å². The molecule has 10 heteroatoms. The highest BCUT2D eigenvalue weighted by atomic mass is 19.3. The first kappa shape index (κ1) is 23.5. The fourth-order valence-electron chi connectivity index (χ4n) is 3.83. The van der Waals surface area contributed by atoms with Crippen LogP contribution in [0, 0.1) is 11.7 Å². The molecule has 0 spiro atoms. The van der Waals surface area contributed by atoms with Crippen LogP contribution in [0.15, 0.2) is 54.9 Å². The zero-order chi connectivity index (χ0) is 24.1. The molecule has 1 aromatic heterocycles. The van der Waals surface area contributed by atoms with Crippen LogP contribution in [0.25, 0.3) is 11.1 Å². The number of benzene rings is 2. The van der Waals surface area contributed by atoms with E-state index in [9.17, 15) is 18.0 Å². The maximum Gasteiger partial charge on any atom is 0.387 e. The Morgan fingerprint density at radius 2 is 1.76 bits per heavy atom. The number of aromatic nitrogens is 2. The van der Waals surface area contributed by atoms with Crippen LogP contribution in [0.3, 0.4) is 0 Å². The van der Waals surface area contributed by atoms with Gasteiger partial charge in [0.1, 0.15) is 11.6 Å². The van der Waals surface area contributed by atoms with E-state index in [2.05, 4.69) is 24.9 Å². The number of anilines is 2. The summed E-state index contributed by atoms with van der Waals surface area (Å²) in [5, 5.41) is 12.1. The molecule has 34 heavy (non-hydrogen) atoms. The number of hydrogen-bond acceptors (Lipinski definition) is 6. The monoisotopic (exact) mass is 472 g/mol. The van der Waals surface area contributed by atoms with Gasteiger partial charge in [0.05, 0.1) is 5.92 Å². The molecule has 2 aromatic carbocycles. The van der Waals surface area contributed by atoms with Crippen molar-refractivity contribution in [3.63, 3.8) is 0 Å². The summed E-state index contributed by atoms with van der Waals surface area (Å²) in [7, 11) is 0. The van der Waals surface area contributed by atoms with Crippen molar-refractivity contribution in [2.75, 3.05) is 18.4 Å². The molecule has 0 radical (unpaired) electrons. The fourth-order valence-corrected chi connectivity index (χ4v) is 3.83. The molecule has 3 aromatic rings. The molecule has 0 amide bonds. The summed E-state index contributed by atoms with van der Waals surface area (Å²) in [5.74, 6) is -1.11. The summed E-state index contributed by atoms with van der Waals surface area (Å²) in [6.07, 6.45) is 4.28. The number of aliphatic carboxylic acids is 1. The van der Waals surface area contributed by atoms with Crippen LogP contribution in [0.4, 0.5) is 24.8 Å². The van der Waals surface area contributed by atoms with Gasteiger partial charge in [0.25, 0.3) is 0 Å². The molecule has 1 fully saturated rings. The van der Waals surface area contributed by atoms with Crippen LogP contribution in [-0.4, -0.2) is 45.6 Å². The molecule has 0 bridgehead atoms. The molecule has 0 unspecified atom stereocenters. The number of hydrogen-bond donors (Lipinski definition) is 2. The lowest BCUT2D eigenvalue weighted by Gasteiger charge is -2.30. The number of nitrogens with one attached hydrogen (secondary N) is 1. The predicted molar refractivity (Wildman–Crippen MR) is 119 cm³/mol. The summed E-state index contributed by atoms with van der Waals surface area (Å²) in [6.45, 7) is -1.21. The predicted octanol–water partition coefficient (Wildman–Crippen LogP) is 4.92. The van der Waals surface area contributed by atoms with Gasteiger partial charge in [-0.15, -0.1) is 0 Å². The van der Waals surface area contributed by atoms with Gasteiger partial charge in [-0.3, -0.25) is 9.69 Å². The molecule has 7 nitrogen and oxygen atoms in total. The quantitative estimate of drug-likeness (QED) is 0.481. The van der Waals surface area contributed by atoms with E-state index in [1.165, 1.54) is 18.2 Å². The minimum atomic E-state index is -2.88. The van der Waals surface area contributed by atoms with Gasteiger partial charge < -0.3 is 15.2 Å². The van der Waals surface area contributed by atoms with Crippen molar-refractivity contribution in [3.05, 3.63) is 66.2 Å². The minimum absolute atomic E-state index is 0.0631. The van der Waals surface area contributed by atoms with Gasteiger partial charge in [-0.25, -0.2) is 14.4 Å². The van der Waals surface area contributed by atoms with E-state index < -0.39 is 12.6 Å². The maximum absolute atomic E-state index is 14.7. The first-order valence-corrected chi connectivity index (χ1v) is 10.8. The Labute approximate surface area is 194 Å². The van der Waals surface area contributed by atoms with Gasteiger partial charge in [0.2, 0.25) is 5.95 Å². The summed E-state index contributed by atoms with van der Waals surface area (Å²) in [5.41, 5.74) is 2.44. The van der Waals surface area contributed by atoms with Crippen LogP contribution >= 0.6 is 0 Å². The molecule has 178 valence electrons. The molecule has 1 aliphatic rings. The summed E-state index contributed by atoms with van der Waals surface area (Å²) < 4.78 is 43.5. The number of halogens is 3. The zero-order valence-corrected chi connectivity index (χ0v) is 18.1. The van der Waals surface area contributed by atoms with Gasteiger partial charge in [-0.2, -0.15) is 8.78 Å². The average Bonchev–Trinajstić information content (AvgIpc) is 2.82. The minimum Gasteiger partial charge on any atom is -0.481 e. The lowest BCUT2D eigenvalue weighted by Crippen LogP contribution is -2.36. The molecular formula is C24H23F3N4O3. The van der Waals surface area contributed by atoms with Crippen LogP contribution in [-0.2, 0) is 11.3 Å². The van der Waals surface area contributed by atoms with Gasteiger partial charge in [-0.05, 0) is 55.8 Å². The normalized spacial score (nSPS) is 14.8. The molecule has 2 N–H and O–H groups in total. The molecule has 0 aliphatic carbocycles. The van der Waals surface area contributed by atoms with Gasteiger partial charge in [0, 0.05) is 35.8 Å². The highest BCUT2D eigenvalue weighted by Crippen LogP contribution is 2.25. The Bertz CT molecular complexity index is 1120. The highest BCUT2D eigenvalue weighted by Gasteiger charge is 2.24. The second-order valence-corrected chi connectivity index (χ2v) is 8.02. The number of alkyl halides is 2. The molecule has 1 saturated heterocycles. The number of nitrogens with zero attached hydrogens (tertiary/aromatic N) is 3. The number of rotatable bonds is 8. The Morgan fingerprint density at radius 3 is 2.35 bits per heavy atom. The largest absolute Gasteiger partial charge is 0.481 e. The number of ether oxygens (including phenoxy) is 1. The second kappa shape index (κ2) is 10.5. The van der Waals surface area contributed by atoms with Crippen molar-refractivity contribution in [2.45, 2.75) is 26.0 Å². The molecule has 4 rings (SSSR count). The van der Waals surface area contributed by atoms with Crippen molar-refractivity contribution < 1.29 is 27.8 Å². The molecule has 0 saturated carbocycles. The fraction of sp³-hybridized carbons (Fsp3) is 0.292. The third kappa shape index (κ3) is 6.02. The first-order valence-electron chi connectivity index (χ1n) is 10.8. The summed E-state index contributed by atoms with van der Waals surface area (Å²) in [6, 6.07) is 10.9. The molecule has 1 aliphatic heterocycles. The lowest BCUT2D eigenvalue weighted by atomic mass is 9.97. The number of carbonyl (C=O) groups is 1. The lowest BCUT2D eigenvalue weighted by molar-refractivity contribution is -0.143. The average molecular weight is 472 g/mol. The van der Waals surface area contributed by atoms with E-state index >= 15 is 0 Å². The van der Waals surface area contributed by atoms with Crippen LogP contribution in [0.1, 0.15) is 18.4 Å². The molecular weight excluding hydrogens is 449 g/mol. The van der Waals surface area contributed by atoms with Crippen LogP contribution < -0.4 is 10.1 Å². The molecule has 2 heterocycles. The smallest absolute Gasteiger partial charge is 0.387 e. The van der Waals surface area contributed by atoms with Crippen LogP contribution in [0.2, 0.25) is 0 Å². The van der Waals surface area contributed by atoms with Crippen molar-refractivity contribution >= 4 is 17.6 Å². The Morgan fingerprint density at radius 1 is 1.09 bits per heavy atom. The van der Waals surface area contributed by atoms with Crippen LogP contribution in [0.5, 0.6) is 5.75 Å². The molecule has 0 atom stereocenters. The SMILES string of the molecule is O=C(O)C1CCN(Cc2ccc(Nc3ncc(-c4ccc(OC(F)F)cc4)cn3)cc2F)CC1. The number of carboxylic acids is 1. The topological polar surface area (TPSA) is 87.6 Å². The second-order valence-electron chi connectivity index (χ2n) is 8.02. The summed E-state index contributed by atoms with van der Waals surface area (Å²) >= 11 is 0. The van der Waals surface area contributed by atoms with E-state index in [-0.39, 0.29) is 23.4 Å². The van der Waals surface area contributed by atoms with Crippen molar-refractivity contribution in [3.8, 4) is 16.9 Å². The highest BCUT2D eigenvalue weighted by molar-refractivity contribution is 5.70. The van der Waals surface area contributed by atoms with Gasteiger partial charge in [-0.1, -0.05) is 18.2 Å². The third-order valence-corrected chi connectivity index (χ3v) is 5.70. The van der Waals surface area contributed by atoms with Gasteiger partial charge >= 0.3 is 12.6 Å². The number of likely N-dealkylation sites (tertiary alicyclic amines) is 1.